The Morgan fingerprint density at radius 1 is 1.29 bits per heavy atom. The molecule has 49 heavy (non-hydrogen) atoms. The molecule has 0 spiro atoms. The number of aromatic nitrogens is 5. The monoisotopic (exact) mass is 734 g/mol. The summed E-state index contributed by atoms with van der Waals surface area (Å²) < 4.78 is 6.77. The van der Waals surface area contributed by atoms with E-state index < -0.39 is 40.9 Å². The van der Waals surface area contributed by atoms with Crippen molar-refractivity contribution in [1.82, 2.24) is 40.7 Å². The van der Waals surface area contributed by atoms with Crippen LogP contribution in [-0.2, 0) is 35.3 Å². The topological polar surface area (TPSA) is 232 Å². The Morgan fingerprint density at radius 3 is 2.82 bits per heavy atom. The molecule has 0 bridgehead atoms. The Hall–Kier alpha value is -4.50. The van der Waals surface area contributed by atoms with Crippen molar-refractivity contribution in [1.29, 1.82) is 0 Å². The number of carbonyl (C=O) groups is 5. The van der Waals surface area contributed by atoms with Gasteiger partial charge in [0, 0.05) is 36.4 Å². The highest BCUT2D eigenvalue weighted by atomic mass is 32.2. The lowest BCUT2D eigenvalue weighted by atomic mass is 10.0. The molecule has 4 N–H and O–H groups in total. The van der Waals surface area contributed by atoms with Crippen LogP contribution in [0.1, 0.15) is 52.1 Å². The zero-order valence-corrected chi connectivity index (χ0v) is 29.2. The van der Waals surface area contributed by atoms with Crippen LogP contribution < -0.4 is 16.0 Å². The predicted octanol–water partition coefficient (Wildman–Crippen LogP) is 1.93. The first-order valence-electron chi connectivity index (χ1n) is 15.1. The molecule has 18 nitrogen and oxygen atoms in total. The van der Waals surface area contributed by atoms with E-state index in [0.29, 0.717) is 48.8 Å². The van der Waals surface area contributed by atoms with Crippen molar-refractivity contribution in [2.45, 2.75) is 75.2 Å². The number of thioether (sulfide) groups is 2. The molecule has 1 saturated heterocycles. The largest absolute Gasteiger partial charge is 0.477 e. The summed E-state index contributed by atoms with van der Waals surface area (Å²) in [4.78, 5) is 72.8. The maximum absolute atomic E-state index is 13.4. The number of thiazole rings is 1. The van der Waals surface area contributed by atoms with Gasteiger partial charge in [0.2, 0.25) is 11.6 Å². The number of aryl methyl sites for hydroxylation is 1. The molecule has 4 heterocycles. The molecule has 262 valence electrons. The number of nitrogens with zero attached hydrogens (tertiary/aromatic N) is 7. The normalized spacial score (nSPS) is 19.1. The Labute approximate surface area is 292 Å². The molecule has 1 unspecified atom stereocenters. The summed E-state index contributed by atoms with van der Waals surface area (Å²) in [5, 5.41) is 35.2. The van der Waals surface area contributed by atoms with Crippen molar-refractivity contribution in [3.8, 4) is 0 Å². The van der Waals surface area contributed by atoms with E-state index >= 15 is 0 Å². The molecule has 2 aromatic rings. The molecule has 3 aliphatic rings. The van der Waals surface area contributed by atoms with Crippen LogP contribution in [0.15, 0.2) is 38.8 Å². The number of nitrogens with one attached hydrogen (secondary N) is 3. The highest BCUT2D eigenvalue weighted by Gasteiger charge is 2.54. The number of alkyl carbamates (subject to hydrolysis) is 1. The zero-order valence-electron chi connectivity index (χ0n) is 26.7. The van der Waals surface area contributed by atoms with Crippen molar-refractivity contribution in [2.75, 3.05) is 23.4 Å². The third-order valence-electron chi connectivity index (χ3n) is 7.02. The Kier molecular flexibility index (Phi) is 11.5. The number of allylic oxidation sites excluding steroid dienone is 2. The highest BCUT2D eigenvalue weighted by Crippen LogP contribution is 2.41. The Balaban J connectivity index is 1.21. The molecule has 0 saturated carbocycles. The number of tetrazole rings is 1. The number of amides is 4. The number of ether oxygens (including phenoxy) is 1. The summed E-state index contributed by atoms with van der Waals surface area (Å²) in [6.45, 7) is 6.05. The van der Waals surface area contributed by atoms with Gasteiger partial charge in [0.05, 0.1) is 0 Å². The molecule has 2 atom stereocenters. The minimum atomic E-state index is -1.27. The van der Waals surface area contributed by atoms with Gasteiger partial charge in [-0.15, -0.1) is 28.2 Å². The highest BCUT2D eigenvalue weighted by molar-refractivity contribution is 8.01. The average Bonchev–Trinajstić information content (AvgIpc) is 3.83. The third kappa shape index (κ3) is 8.95. The SMILES string of the molecule is CC(C)(C)OC(=O)NCCCn1nnnc1SCC1=C(C(=O)O)N2C(=O)C(NC(=O)C(=NOC3=CCCC3)c3csc(NC=O)n3)[C@@H]2SC1. The van der Waals surface area contributed by atoms with Gasteiger partial charge in [-0.25, -0.2) is 19.3 Å². The number of anilines is 1. The quantitative estimate of drug-likeness (QED) is 0.0512. The van der Waals surface area contributed by atoms with Crippen LogP contribution in [0.3, 0.4) is 0 Å². The first-order chi connectivity index (χ1) is 23.4. The molecule has 0 aromatic carbocycles. The van der Waals surface area contributed by atoms with E-state index in [2.05, 4.69) is 41.6 Å². The number of rotatable bonds is 15. The summed E-state index contributed by atoms with van der Waals surface area (Å²) in [6.07, 6.45) is 4.71. The van der Waals surface area contributed by atoms with E-state index in [1.54, 1.807) is 25.5 Å². The maximum Gasteiger partial charge on any atom is 0.407 e. The number of hydrogen-bond donors (Lipinski definition) is 4. The van der Waals surface area contributed by atoms with Gasteiger partial charge in [0.1, 0.15) is 34.2 Å². The fourth-order valence-corrected chi connectivity index (χ4v) is 7.90. The predicted molar refractivity (Wildman–Crippen MR) is 178 cm³/mol. The summed E-state index contributed by atoms with van der Waals surface area (Å²) in [5.74, 6) is -1.52. The maximum atomic E-state index is 13.4. The van der Waals surface area contributed by atoms with Crippen molar-refractivity contribution >= 4 is 76.0 Å². The van der Waals surface area contributed by atoms with Crippen molar-refractivity contribution in [3.05, 3.63) is 34.2 Å². The average molecular weight is 735 g/mol. The summed E-state index contributed by atoms with van der Waals surface area (Å²) in [7, 11) is 0. The van der Waals surface area contributed by atoms with Gasteiger partial charge in [0.25, 0.3) is 11.8 Å². The third-order valence-corrected chi connectivity index (χ3v) is 10.2. The van der Waals surface area contributed by atoms with Crippen LogP contribution in [-0.4, -0.2) is 106 Å². The summed E-state index contributed by atoms with van der Waals surface area (Å²) >= 11 is 3.62. The summed E-state index contributed by atoms with van der Waals surface area (Å²) in [6, 6.07) is -1.02. The van der Waals surface area contributed by atoms with Gasteiger partial charge in [-0.2, -0.15) is 0 Å². The Bertz CT molecular complexity index is 1700. The van der Waals surface area contributed by atoms with E-state index in [0.717, 1.165) is 24.2 Å². The molecular formula is C28H34N10O8S3. The van der Waals surface area contributed by atoms with Crippen LogP contribution in [0.5, 0.6) is 0 Å². The number of carboxylic acids is 1. The van der Waals surface area contributed by atoms with Crippen LogP contribution in [0.2, 0.25) is 0 Å². The minimum absolute atomic E-state index is 0.137. The fourth-order valence-electron chi connectivity index (χ4n) is 4.86. The number of aliphatic carboxylic acids is 1. The number of fused-ring (bicyclic) bond motifs is 1. The van der Waals surface area contributed by atoms with Gasteiger partial charge >= 0.3 is 12.1 Å². The van der Waals surface area contributed by atoms with Crippen LogP contribution in [0, 0.1) is 0 Å². The number of oxime groups is 1. The number of carboxylic acid groups (broad SMARTS) is 1. The number of hydrogen-bond acceptors (Lipinski definition) is 15. The van der Waals surface area contributed by atoms with Crippen molar-refractivity contribution in [2.24, 2.45) is 5.16 Å². The fraction of sp³-hybridized carbons (Fsp3) is 0.500. The van der Waals surface area contributed by atoms with E-state index in [1.165, 1.54) is 33.8 Å². The molecule has 2 aromatic heterocycles. The molecule has 2 aliphatic heterocycles. The van der Waals surface area contributed by atoms with E-state index in [-0.39, 0.29) is 33.7 Å². The van der Waals surface area contributed by atoms with Crippen LogP contribution >= 0.6 is 34.9 Å². The van der Waals surface area contributed by atoms with Crippen LogP contribution in [0.4, 0.5) is 9.93 Å². The van der Waals surface area contributed by atoms with Gasteiger partial charge in [-0.1, -0.05) is 16.9 Å². The molecule has 1 fully saturated rings. The minimum Gasteiger partial charge on any atom is -0.477 e. The standard InChI is InChI=1S/C28H34N10O8S3/c1-28(2,3)45-27(44)29-9-6-10-37-26(33-35-36-37)49-12-15-11-47-23-19(22(41)38(23)20(15)24(42)43)32-21(40)18(34-46-16-7-4-5-8-16)17-13-48-25(31-17)30-14-39/h7,13-14,19,23H,4-6,8-12H2,1-3H3,(H,29,44)(H,32,40)(H,42,43)(H,30,31,39)/t19?,23-/m0/s1. The van der Waals surface area contributed by atoms with Gasteiger partial charge in [-0.3, -0.25) is 19.3 Å². The second-order valence-corrected chi connectivity index (χ2v) is 14.7. The summed E-state index contributed by atoms with van der Waals surface area (Å²) in [5.41, 5.74) is -0.320. The first kappa shape index (κ1) is 35.8. The number of carbonyl (C=O) groups excluding carboxylic acids is 4. The van der Waals surface area contributed by atoms with Gasteiger partial charge in [-0.05, 0) is 62.1 Å². The lowest BCUT2D eigenvalue weighted by Gasteiger charge is -2.49. The molecular weight excluding hydrogens is 701 g/mol. The zero-order chi connectivity index (χ0) is 35.1. The second kappa shape index (κ2) is 15.8. The lowest BCUT2D eigenvalue weighted by Crippen LogP contribution is -2.71. The van der Waals surface area contributed by atoms with E-state index in [4.69, 9.17) is 9.57 Å². The van der Waals surface area contributed by atoms with Crippen LogP contribution in [0.25, 0.3) is 0 Å². The molecule has 0 radical (unpaired) electrons. The molecule has 4 amide bonds. The van der Waals surface area contributed by atoms with E-state index in [9.17, 15) is 29.1 Å². The van der Waals surface area contributed by atoms with E-state index in [1.807, 2.05) is 6.08 Å². The van der Waals surface area contributed by atoms with Crippen molar-refractivity contribution in [3.63, 3.8) is 0 Å². The number of β-lactam (4-membered cyclic amide) rings is 1. The Morgan fingerprint density at radius 2 is 2.10 bits per heavy atom. The lowest BCUT2D eigenvalue weighted by molar-refractivity contribution is -0.150. The van der Waals surface area contributed by atoms with Gasteiger partial charge in [0.15, 0.2) is 10.8 Å². The first-order valence-corrected chi connectivity index (χ1v) is 18.0. The van der Waals surface area contributed by atoms with Gasteiger partial charge < -0.3 is 30.6 Å². The smallest absolute Gasteiger partial charge is 0.407 e. The molecule has 1 aliphatic carbocycles. The molecule has 21 heteroatoms. The second-order valence-electron chi connectivity index (χ2n) is 11.8. The van der Waals surface area contributed by atoms with Crippen molar-refractivity contribution < 1.29 is 38.7 Å². The molecule has 5 rings (SSSR count).